The van der Waals surface area contributed by atoms with Gasteiger partial charge in [0.1, 0.15) is 0 Å². The number of rotatable bonds is 6. The van der Waals surface area contributed by atoms with E-state index in [1.165, 1.54) is 30.4 Å². The molecular weight excluding hydrogens is 424 g/mol. The van der Waals surface area contributed by atoms with E-state index in [4.69, 9.17) is 4.98 Å². The van der Waals surface area contributed by atoms with Gasteiger partial charge in [-0.1, -0.05) is 97.8 Å². The number of hydrogen-bond donors (Lipinski definition) is 0. The highest BCUT2D eigenvalue weighted by Crippen LogP contribution is 2.48. The van der Waals surface area contributed by atoms with Gasteiger partial charge in [0.15, 0.2) is 5.16 Å². The summed E-state index contributed by atoms with van der Waals surface area (Å²) >= 11 is 1.69. The minimum atomic E-state index is -0.0733. The normalized spacial score (nSPS) is 16.3. The molecule has 0 bridgehead atoms. The van der Waals surface area contributed by atoms with Crippen LogP contribution in [0.3, 0.4) is 0 Å². The van der Waals surface area contributed by atoms with Gasteiger partial charge in [-0.25, -0.2) is 4.98 Å². The molecule has 0 radical (unpaired) electrons. The third kappa shape index (κ3) is 4.33. The summed E-state index contributed by atoms with van der Waals surface area (Å²) in [7, 11) is 0. The molecular formula is C29H32N2OS. The molecule has 2 aliphatic rings. The lowest BCUT2D eigenvalue weighted by atomic mass is 9.62. The fourth-order valence-corrected chi connectivity index (χ4v) is 6.63. The summed E-state index contributed by atoms with van der Waals surface area (Å²) in [5.41, 5.74) is 6.77. The lowest BCUT2D eigenvalue weighted by Gasteiger charge is -2.42. The summed E-state index contributed by atoms with van der Waals surface area (Å²) in [5, 5.41) is 0.820. The second kappa shape index (κ2) is 9.34. The maximum atomic E-state index is 14.2. The Morgan fingerprint density at radius 2 is 1.79 bits per heavy atom. The molecule has 1 fully saturated rings. The van der Waals surface area contributed by atoms with E-state index in [0.717, 1.165) is 59.0 Å². The first-order valence-electron chi connectivity index (χ1n) is 12.1. The predicted molar refractivity (Wildman–Crippen MR) is 138 cm³/mol. The Morgan fingerprint density at radius 3 is 2.55 bits per heavy atom. The molecule has 2 aliphatic carbocycles. The molecule has 3 aromatic rings. The maximum Gasteiger partial charge on any atom is 0.258 e. The van der Waals surface area contributed by atoms with Crippen LogP contribution >= 0.6 is 11.8 Å². The van der Waals surface area contributed by atoms with Crippen LogP contribution in [0.25, 0.3) is 11.3 Å². The topological polar surface area (TPSA) is 34.9 Å². The molecule has 1 saturated carbocycles. The van der Waals surface area contributed by atoms with Crippen molar-refractivity contribution >= 4 is 11.8 Å². The molecule has 33 heavy (non-hydrogen) atoms. The second-order valence-corrected chi connectivity index (χ2v) is 10.8. The fraction of sp³-hybridized carbons (Fsp3) is 0.379. The molecule has 0 aliphatic heterocycles. The van der Waals surface area contributed by atoms with Crippen LogP contribution in [0.2, 0.25) is 0 Å². The maximum absolute atomic E-state index is 14.2. The highest BCUT2D eigenvalue weighted by Gasteiger charge is 2.43. The van der Waals surface area contributed by atoms with E-state index in [0.29, 0.717) is 6.54 Å². The van der Waals surface area contributed by atoms with E-state index in [2.05, 4.69) is 55.1 Å². The monoisotopic (exact) mass is 456 g/mol. The van der Waals surface area contributed by atoms with Crippen molar-refractivity contribution < 1.29 is 0 Å². The molecule has 0 unspecified atom stereocenters. The first-order chi connectivity index (χ1) is 16.1. The molecule has 4 heteroatoms. The van der Waals surface area contributed by atoms with Crippen LogP contribution in [0.4, 0.5) is 0 Å². The first kappa shape index (κ1) is 22.2. The van der Waals surface area contributed by atoms with Gasteiger partial charge >= 0.3 is 0 Å². The number of hydrogen-bond acceptors (Lipinski definition) is 3. The molecule has 2 aromatic carbocycles. The van der Waals surface area contributed by atoms with Gasteiger partial charge in [0.05, 0.1) is 11.3 Å². The Labute approximate surface area is 201 Å². The summed E-state index contributed by atoms with van der Waals surface area (Å²) < 4.78 is 1.90. The summed E-state index contributed by atoms with van der Waals surface area (Å²) in [6, 6.07) is 19.1. The summed E-state index contributed by atoms with van der Waals surface area (Å²) in [4.78, 5) is 19.4. The number of allylic oxidation sites excluding steroid dienone is 1. The van der Waals surface area contributed by atoms with Gasteiger partial charge < -0.3 is 0 Å². The van der Waals surface area contributed by atoms with Crippen LogP contribution in [0, 0.1) is 0 Å². The smallest absolute Gasteiger partial charge is 0.258 e. The van der Waals surface area contributed by atoms with E-state index in [1.54, 1.807) is 11.8 Å². The average Bonchev–Trinajstić information content (AvgIpc) is 2.82. The van der Waals surface area contributed by atoms with E-state index >= 15 is 0 Å². The van der Waals surface area contributed by atoms with Crippen molar-refractivity contribution in [1.82, 2.24) is 9.55 Å². The molecule has 1 heterocycles. The SMILES string of the molecule is C=C(C)Cn1c(SCCc2ccccc2)nc2c(c1=O)C1(CCCCC1)Cc1ccccc1-2. The lowest BCUT2D eigenvalue weighted by molar-refractivity contribution is 0.282. The Balaban J connectivity index is 1.61. The van der Waals surface area contributed by atoms with Crippen molar-refractivity contribution in [3.8, 4) is 11.3 Å². The van der Waals surface area contributed by atoms with Crippen molar-refractivity contribution in [2.75, 3.05) is 5.75 Å². The van der Waals surface area contributed by atoms with E-state index < -0.39 is 0 Å². The molecule has 0 saturated heterocycles. The Bertz CT molecular complexity index is 1220. The van der Waals surface area contributed by atoms with Crippen LogP contribution in [0.1, 0.15) is 55.7 Å². The summed E-state index contributed by atoms with van der Waals surface area (Å²) in [5.74, 6) is 0.887. The van der Waals surface area contributed by atoms with Gasteiger partial charge in [-0.05, 0) is 43.7 Å². The highest BCUT2D eigenvalue weighted by molar-refractivity contribution is 7.99. The minimum Gasteiger partial charge on any atom is -0.283 e. The molecule has 0 amide bonds. The second-order valence-electron chi connectivity index (χ2n) is 9.73. The van der Waals surface area contributed by atoms with Gasteiger partial charge in [0.25, 0.3) is 5.56 Å². The molecule has 3 nitrogen and oxygen atoms in total. The van der Waals surface area contributed by atoms with Crippen molar-refractivity contribution in [1.29, 1.82) is 0 Å². The Hall–Kier alpha value is -2.59. The van der Waals surface area contributed by atoms with Crippen molar-refractivity contribution in [2.24, 2.45) is 0 Å². The number of thioether (sulfide) groups is 1. The van der Waals surface area contributed by atoms with E-state index in [1.807, 2.05) is 17.6 Å². The number of aryl methyl sites for hydroxylation is 1. The van der Waals surface area contributed by atoms with Crippen LogP contribution in [-0.4, -0.2) is 15.3 Å². The molecule has 0 atom stereocenters. The third-order valence-corrected chi connectivity index (χ3v) is 8.15. The Morgan fingerprint density at radius 1 is 1.06 bits per heavy atom. The lowest BCUT2D eigenvalue weighted by Crippen LogP contribution is -2.43. The van der Waals surface area contributed by atoms with Gasteiger partial charge in [-0.2, -0.15) is 0 Å². The van der Waals surface area contributed by atoms with Crippen LogP contribution in [0.15, 0.2) is 76.7 Å². The minimum absolute atomic E-state index is 0.0733. The average molecular weight is 457 g/mol. The van der Waals surface area contributed by atoms with Crippen molar-refractivity contribution in [2.45, 2.75) is 69.0 Å². The largest absolute Gasteiger partial charge is 0.283 e. The van der Waals surface area contributed by atoms with Gasteiger partial charge in [0.2, 0.25) is 0 Å². The number of fused-ring (bicyclic) bond motifs is 4. The van der Waals surface area contributed by atoms with Gasteiger partial charge in [0, 0.05) is 23.3 Å². The van der Waals surface area contributed by atoms with Crippen LogP contribution in [0.5, 0.6) is 0 Å². The van der Waals surface area contributed by atoms with Gasteiger partial charge in [-0.3, -0.25) is 9.36 Å². The number of aromatic nitrogens is 2. The van der Waals surface area contributed by atoms with E-state index in [9.17, 15) is 4.79 Å². The number of nitrogens with zero attached hydrogens (tertiary/aromatic N) is 2. The Kier molecular flexibility index (Phi) is 6.29. The van der Waals surface area contributed by atoms with Crippen LogP contribution in [-0.2, 0) is 24.8 Å². The molecule has 1 spiro atoms. The van der Waals surface area contributed by atoms with Gasteiger partial charge in [-0.15, -0.1) is 0 Å². The number of benzene rings is 2. The zero-order valence-electron chi connectivity index (χ0n) is 19.5. The third-order valence-electron chi connectivity index (χ3n) is 7.17. The first-order valence-corrected chi connectivity index (χ1v) is 13.1. The molecule has 0 N–H and O–H groups in total. The molecule has 5 rings (SSSR count). The highest BCUT2D eigenvalue weighted by atomic mass is 32.2. The zero-order chi connectivity index (χ0) is 22.8. The standard InChI is InChI=1S/C29H32N2OS/c1-21(2)20-31-27(32)25-26(30-28(31)33-18-15-22-11-5-3-6-12-22)24-14-8-7-13-23(24)19-29(25)16-9-4-10-17-29/h3,5-8,11-14H,1,4,9-10,15-20H2,2H3. The molecule has 1 aromatic heterocycles. The van der Waals surface area contributed by atoms with Crippen molar-refractivity contribution in [3.63, 3.8) is 0 Å². The molecule has 170 valence electrons. The van der Waals surface area contributed by atoms with Crippen molar-refractivity contribution in [3.05, 3.63) is 93.8 Å². The quantitative estimate of drug-likeness (QED) is 0.239. The van der Waals surface area contributed by atoms with E-state index in [-0.39, 0.29) is 11.0 Å². The fourth-order valence-electron chi connectivity index (χ4n) is 5.65. The summed E-state index contributed by atoms with van der Waals surface area (Å²) in [6.07, 6.45) is 7.72. The predicted octanol–water partition coefficient (Wildman–Crippen LogP) is 6.58. The zero-order valence-corrected chi connectivity index (χ0v) is 20.3. The van der Waals surface area contributed by atoms with Crippen LogP contribution < -0.4 is 5.56 Å². The summed E-state index contributed by atoms with van der Waals surface area (Å²) in [6.45, 7) is 6.64.